The Hall–Kier alpha value is -1.19. The van der Waals surface area contributed by atoms with Crippen LogP contribution in [-0.2, 0) is 28.5 Å². The van der Waals surface area contributed by atoms with E-state index >= 15 is 0 Å². The van der Waals surface area contributed by atoms with Crippen LogP contribution in [0.1, 0.15) is 101 Å². The number of aliphatic hydroxyl groups excluding tert-OH is 3. The highest BCUT2D eigenvalue weighted by Crippen LogP contribution is 2.45. The molecule has 3 saturated heterocycles. The van der Waals surface area contributed by atoms with Crippen LogP contribution in [0.4, 0.5) is 0 Å². The van der Waals surface area contributed by atoms with Crippen molar-refractivity contribution in [2.24, 2.45) is 29.6 Å². The van der Waals surface area contributed by atoms with Gasteiger partial charge in [-0.1, -0.05) is 39.8 Å². The largest absolute Gasteiger partial charge is 0.459 e. The van der Waals surface area contributed by atoms with Crippen molar-refractivity contribution in [1.82, 2.24) is 4.90 Å². The van der Waals surface area contributed by atoms with Gasteiger partial charge in [-0.05, 0) is 99.1 Å². The minimum atomic E-state index is -1.81. The topological polar surface area (TPSA) is 168 Å². The third kappa shape index (κ3) is 9.55. The van der Waals surface area contributed by atoms with Gasteiger partial charge >= 0.3 is 5.97 Å². The molecule has 0 aliphatic carbocycles. The van der Waals surface area contributed by atoms with E-state index in [9.17, 15) is 30.3 Å². The fourth-order valence-corrected chi connectivity index (χ4v) is 9.10. The smallest absolute Gasteiger partial charge is 0.311 e. The molecule has 12 nitrogen and oxygen atoms in total. The molecule has 18 atom stereocenters. The van der Waals surface area contributed by atoms with E-state index in [2.05, 4.69) is 6.58 Å². The number of esters is 1. The standard InChI is InChI=1S/C39H71NO11/c1-15-30-39(11,46)34(42)23(5)22(4)20(2)18-37(9,45)27(17-29-32(41)28(40(12)13)16-21(3)48-29)24(6)33(25(7)36(44)50-30)51-31-19-38(10,47-14)35(43)26(8)49-31/h20-21,23-35,41-43,45-46H,4,15-19H2,1-3,5-14H3/t20-,21-,23+,24-,25-,26+,27-,28+,29+,30-,31+,32-,33+,34-,35+,37+,38-,39-/m1/s1. The molecule has 0 aromatic rings. The summed E-state index contributed by atoms with van der Waals surface area (Å²) in [5.74, 6) is -3.59. The van der Waals surface area contributed by atoms with Crippen LogP contribution in [0, 0.1) is 29.6 Å². The number of carbonyl (C=O) groups is 1. The number of methoxy groups -OCH3 is 1. The van der Waals surface area contributed by atoms with E-state index in [1.165, 1.54) is 14.0 Å². The summed E-state index contributed by atoms with van der Waals surface area (Å²) in [6, 6.07) is -0.159. The van der Waals surface area contributed by atoms with Crippen LogP contribution in [0.15, 0.2) is 12.2 Å². The summed E-state index contributed by atoms with van der Waals surface area (Å²) in [5, 5.41) is 58.4. The van der Waals surface area contributed by atoms with Crippen molar-refractivity contribution in [2.75, 3.05) is 21.2 Å². The summed E-state index contributed by atoms with van der Waals surface area (Å²) in [6.07, 6.45) is -5.77. The van der Waals surface area contributed by atoms with E-state index in [1.54, 1.807) is 41.5 Å². The van der Waals surface area contributed by atoms with Crippen LogP contribution in [-0.4, -0.2) is 136 Å². The Bertz CT molecular complexity index is 1160. The van der Waals surface area contributed by atoms with Crippen LogP contribution < -0.4 is 0 Å². The summed E-state index contributed by atoms with van der Waals surface area (Å²) in [5.41, 5.74) is -3.57. The molecule has 0 unspecified atom stereocenters. The molecule has 0 aromatic heterocycles. The second-order valence-corrected chi connectivity index (χ2v) is 17.1. The minimum Gasteiger partial charge on any atom is -0.459 e. The highest BCUT2D eigenvalue weighted by Gasteiger charge is 2.52. The number of carbonyl (C=O) groups excluding carboxylic acids is 1. The first-order chi connectivity index (χ1) is 23.4. The normalized spacial score (nSPS) is 49.7. The number of cyclic esters (lactones) is 1. The molecule has 0 amide bonds. The number of hydrogen-bond acceptors (Lipinski definition) is 12. The van der Waals surface area contributed by atoms with Gasteiger partial charge in [0.1, 0.15) is 17.8 Å². The fraction of sp³-hybridized carbons (Fsp3) is 0.923. The van der Waals surface area contributed by atoms with Gasteiger partial charge in [-0.3, -0.25) is 4.79 Å². The van der Waals surface area contributed by atoms with E-state index in [-0.39, 0.29) is 43.7 Å². The van der Waals surface area contributed by atoms with Gasteiger partial charge in [0.05, 0.1) is 53.7 Å². The number of nitrogens with zero attached hydrogens (tertiary/aromatic N) is 1. The Balaban J connectivity index is 2.18. The lowest BCUT2D eigenvalue weighted by atomic mass is 9.67. The van der Waals surface area contributed by atoms with Crippen molar-refractivity contribution in [1.29, 1.82) is 0 Å². The predicted octanol–water partition coefficient (Wildman–Crippen LogP) is 3.44. The van der Waals surface area contributed by atoms with Gasteiger partial charge in [-0.15, -0.1) is 0 Å². The van der Waals surface area contributed by atoms with Gasteiger partial charge < -0.3 is 54.1 Å². The SMILES string of the molecule is C=C1[C@H](C)C[C@](C)(O)[C@H](C[C@@H]2O[C@H](C)C[C@H](N(C)C)[C@H]2O)[C@@H](C)[C@H](O[C@H]2C[C@@](C)(OC)[C@@H](O)[C@H](C)O2)[C@@H](C)C(=O)O[C@H](CC)[C@@](C)(O)[C@H](O)[C@H]1C. The Morgan fingerprint density at radius 1 is 0.941 bits per heavy atom. The monoisotopic (exact) mass is 730 g/mol. The zero-order chi connectivity index (χ0) is 39.0. The molecule has 0 spiro atoms. The van der Waals surface area contributed by atoms with Gasteiger partial charge in [-0.25, -0.2) is 0 Å². The highest BCUT2D eigenvalue weighted by molar-refractivity contribution is 5.73. The molecule has 3 heterocycles. The maximum Gasteiger partial charge on any atom is 0.311 e. The third-order valence-corrected chi connectivity index (χ3v) is 12.8. The lowest BCUT2D eigenvalue weighted by Gasteiger charge is -2.49. The van der Waals surface area contributed by atoms with Crippen molar-refractivity contribution in [3.8, 4) is 0 Å². The van der Waals surface area contributed by atoms with Gasteiger partial charge in [0.15, 0.2) is 6.29 Å². The summed E-state index contributed by atoms with van der Waals surface area (Å²) in [7, 11) is 5.38. The van der Waals surface area contributed by atoms with Crippen LogP contribution >= 0.6 is 0 Å². The van der Waals surface area contributed by atoms with Crippen LogP contribution in [0.25, 0.3) is 0 Å². The summed E-state index contributed by atoms with van der Waals surface area (Å²) >= 11 is 0. The molecular weight excluding hydrogens is 658 g/mol. The second-order valence-electron chi connectivity index (χ2n) is 17.1. The molecule has 3 rings (SSSR count). The van der Waals surface area contributed by atoms with Gasteiger partial charge in [0.2, 0.25) is 0 Å². The van der Waals surface area contributed by atoms with Gasteiger partial charge in [-0.2, -0.15) is 0 Å². The van der Waals surface area contributed by atoms with Crippen LogP contribution in [0.2, 0.25) is 0 Å². The molecule has 0 aromatic carbocycles. The first kappa shape index (κ1) is 44.2. The molecule has 298 valence electrons. The summed E-state index contributed by atoms with van der Waals surface area (Å²) < 4.78 is 31.1. The average molecular weight is 730 g/mol. The maximum absolute atomic E-state index is 14.2. The molecule has 0 bridgehead atoms. The molecule has 12 heteroatoms. The number of hydrogen-bond donors (Lipinski definition) is 5. The predicted molar refractivity (Wildman–Crippen MR) is 194 cm³/mol. The van der Waals surface area contributed by atoms with Gasteiger partial charge in [0.25, 0.3) is 0 Å². The lowest BCUT2D eigenvalue weighted by Crippen LogP contribution is -2.59. The first-order valence-corrected chi connectivity index (χ1v) is 19.0. The lowest BCUT2D eigenvalue weighted by molar-refractivity contribution is -0.299. The first-order valence-electron chi connectivity index (χ1n) is 19.0. The van der Waals surface area contributed by atoms with E-state index < -0.39 is 95.5 Å². The van der Waals surface area contributed by atoms with E-state index in [4.69, 9.17) is 23.7 Å². The fourth-order valence-electron chi connectivity index (χ4n) is 9.10. The zero-order valence-electron chi connectivity index (χ0n) is 33.5. The number of ether oxygens (including phenoxy) is 5. The van der Waals surface area contributed by atoms with E-state index in [0.29, 0.717) is 12.0 Å². The Morgan fingerprint density at radius 2 is 1.55 bits per heavy atom. The second kappa shape index (κ2) is 17.1. The zero-order valence-corrected chi connectivity index (χ0v) is 33.5. The quantitative estimate of drug-likeness (QED) is 0.192. The average Bonchev–Trinajstić information content (AvgIpc) is 3.05. The molecule has 0 radical (unpaired) electrons. The third-order valence-electron chi connectivity index (χ3n) is 12.8. The van der Waals surface area contributed by atoms with Crippen molar-refractivity contribution >= 4 is 5.97 Å². The Labute approximate surface area is 306 Å². The molecule has 5 N–H and O–H groups in total. The number of likely N-dealkylation sites (N-methyl/N-ethyl adjacent to an activating group) is 1. The van der Waals surface area contributed by atoms with Crippen molar-refractivity contribution in [3.05, 3.63) is 12.2 Å². The van der Waals surface area contributed by atoms with Crippen LogP contribution in [0.3, 0.4) is 0 Å². The molecule has 0 saturated carbocycles. The van der Waals surface area contributed by atoms with Crippen LogP contribution in [0.5, 0.6) is 0 Å². The van der Waals surface area contributed by atoms with Crippen molar-refractivity contribution in [2.45, 2.75) is 179 Å². The number of rotatable bonds is 7. The molecular formula is C39H71NO11. The van der Waals surface area contributed by atoms with E-state index in [1.807, 2.05) is 39.8 Å². The Morgan fingerprint density at radius 3 is 2.10 bits per heavy atom. The highest BCUT2D eigenvalue weighted by atomic mass is 16.7. The maximum atomic E-state index is 14.2. The molecule has 3 fully saturated rings. The van der Waals surface area contributed by atoms with E-state index in [0.717, 1.165) is 0 Å². The summed E-state index contributed by atoms with van der Waals surface area (Å²) in [6.45, 7) is 22.2. The molecule has 51 heavy (non-hydrogen) atoms. The Kier molecular flexibility index (Phi) is 14.8. The van der Waals surface area contributed by atoms with Gasteiger partial charge in [0, 0.05) is 25.5 Å². The number of aliphatic hydroxyl groups is 5. The van der Waals surface area contributed by atoms with Crippen molar-refractivity contribution < 1.29 is 54.0 Å². The minimum absolute atomic E-state index is 0.138. The van der Waals surface area contributed by atoms with Crippen molar-refractivity contribution in [3.63, 3.8) is 0 Å². The molecule has 3 aliphatic rings. The molecule has 3 aliphatic heterocycles. The summed E-state index contributed by atoms with van der Waals surface area (Å²) in [4.78, 5) is 16.2.